The summed E-state index contributed by atoms with van der Waals surface area (Å²) in [7, 11) is -1.48. The number of likely N-dealkylation sites (tertiary alicyclic amines) is 1. The lowest BCUT2D eigenvalue weighted by Gasteiger charge is -2.40. The van der Waals surface area contributed by atoms with Crippen molar-refractivity contribution in [2.45, 2.75) is 50.8 Å². The van der Waals surface area contributed by atoms with Gasteiger partial charge in [0, 0.05) is 32.7 Å². The summed E-state index contributed by atoms with van der Waals surface area (Å²) in [5.41, 5.74) is -1.13. The quantitative estimate of drug-likeness (QED) is 0.679. The zero-order chi connectivity index (χ0) is 22.6. The summed E-state index contributed by atoms with van der Waals surface area (Å²) in [4.78, 5) is 37.7. The van der Waals surface area contributed by atoms with Crippen LogP contribution in [0.15, 0.2) is 6.20 Å². The standard InChI is InChI=1S/C19H28N6O5S/c1-19(2)17(27)25(13-7-8-23(3)16(13)26)15-14(30-19)11-20-18(22-15)21-12-5-9-24(10-6-12)31(4,28)29/h11-13H,5-10H2,1-4H3,(H,20,21,22)/t13-/m0/s1. The molecule has 1 aromatic heterocycles. The van der Waals surface area contributed by atoms with E-state index in [4.69, 9.17) is 4.74 Å². The van der Waals surface area contributed by atoms with Crippen molar-refractivity contribution in [1.29, 1.82) is 0 Å². The summed E-state index contributed by atoms with van der Waals surface area (Å²) in [5.74, 6) is 0.503. The number of likely N-dealkylation sites (N-methyl/N-ethyl adjacent to an activating group) is 1. The Morgan fingerprint density at radius 1 is 1.16 bits per heavy atom. The highest BCUT2D eigenvalue weighted by molar-refractivity contribution is 7.88. The Balaban J connectivity index is 1.58. The Morgan fingerprint density at radius 3 is 2.42 bits per heavy atom. The fourth-order valence-corrected chi connectivity index (χ4v) is 5.10. The molecular weight excluding hydrogens is 424 g/mol. The molecule has 0 unspecified atom stereocenters. The molecule has 2 fully saturated rings. The molecule has 0 spiro atoms. The minimum atomic E-state index is -3.20. The number of hydrogen-bond acceptors (Lipinski definition) is 8. The lowest BCUT2D eigenvalue weighted by Crippen LogP contribution is -2.58. The molecule has 2 amide bonds. The topological polar surface area (TPSA) is 125 Å². The molecule has 0 saturated carbocycles. The van der Waals surface area contributed by atoms with Crippen LogP contribution in [0, 0.1) is 0 Å². The smallest absolute Gasteiger partial charge is 0.272 e. The third-order valence-corrected chi connectivity index (χ3v) is 7.33. The van der Waals surface area contributed by atoms with Crippen molar-refractivity contribution in [2.75, 3.05) is 43.2 Å². The number of anilines is 2. The lowest BCUT2D eigenvalue weighted by molar-refractivity contribution is -0.136. The zero-order valence-corrected chi connectivity index (χ0v) is 19.0. The van der Waals surface area contributed by atoms with E-state index >= 15 is 0 Å². The van der Waals surface area contributed by atoms with Gasteiger partial charge in [0.15, 0.2) is 17.2 Å². The van der Waals surface area contributed by atoms with E-state index in [1.54, 1.807) is 25.8 Å². The van der Waals surface area contributed by atoms with Gasteiger partial charge >= 0.3 is 0 Å². The molecule has 3 aliphatic heterocycles. The monoisotopic (exact) mass is 452 g/mol. The van der Waals surface area contributed by atoms with Crippen LogP contribution in [0.2, 0.25) is 0 Å². The highest BCUT2D eigenvalue weighted by atomic mass is 32.2. The van der Waals surface area contributed by atoms with E-state index in [-0.39, 0.29) is 23.7 Å². The molecule has 3 aliphatic rings. The van der Waals surface area contributed by atoms with Gasteiger partial charge in [-0.15, -0.1) is 0 Å². The highest BCUT2D eigenvalue weighted by Crippen LogP contribution is 2.39. The summed E-state index contributed by atoms with van der Waals surface area (Å²) in [6.07, 6.45) is 4.48. The number of nitrogens with one attached hydrogen (secondary N) is 1. The third-order valence-electron chi connectivity index (χ3n) is 6.03. The van der Waals surface area contributed by atoms with Crippen LogP contribution in [0.1, 0.15) is 33.1 Å². The maximum absolute atomic E-state index is 13.2. The summed E-state index contributed by atoms with van der Waals surface area (Å²) in [5, 5.41) is 3.24. The Hall–Kier alpha value is -2.47. The van der Waals surface area contributed by atoms with Gasteiger partial charge in [-0.3, -0.25) is 14.5 Å². The van der Waals surface area contributed by atoms with E-state index in [1.807, 2.05) is 0 Å². The first-order valence-corrected chi connectivity index (χ1v) is 12.2. The molecule has 11 nitrogen and oxygen atoms in total. The summed E-state index contributed by atoms with van der Waals surface area (Å²) in [6.45, 7) is 4.74. The summed E-state index contributed by atoms with van der Waals surface area (Å²) < 4.78 is 30.7. The predicted molar refractivity (Wildman–Crippen MR) is 113 cm³/mol. The van der Waals surface area contributed by atoms with E-state index in [9.17, 15) is 18.0 Å². The van der Waals surface area contributed by atoms with E-state index in [0.717, 1.165) is 0 Å². The molecule has 0 bridgehead atoms. The van der Waals surface area contributed by atoms with Crippen LogP contribution in [0.25, 0.3) is 0 Å². The maximum Gasteiger partial charge on any atom is 0.272 e. The molecule has 4 rings (SSSR count). The van der Waals surface area contributed by atoms with Crippen LogP contribution in [0.5, 0.6) is 5.75 Å². The summed E-state index contributed by atoms with van der Waals surface area (Å²) >= 11 is 0. The average Bonchev–Trinajstić information content (AvgIpc) is 3.02. The molecule has 170 valence electrons. The zero-order valence-electron chi connectivity index (χ0n) is 18.2. The number of hydrogen-bond donors (Lipinski definition) is 1. The van der Waals surface area contributed by atoms with Gasteiger partial charge in [0.2, 0.25) is 21.9 Å². The number of aromatic nitrogens is 2. The third kappa shape index (κ3) is 4.05. The number of carbonyl (C=O) groups excluding carboxylic acids is 2. The number of sulfonamides is 1. The number of amides is 2. The number of carbonyl (C=O) groups is 2. The summed E-state index contributed by atoms with van der Waals surface area (Å²) in [6, 6.07) is -0.624. The van der Waals surface area contributed by atoms with Gasteiger partial charge in [-0.1, -0.05) is 0 Å². The van der Waals surface area contributed by atoms with E-state index in [2.05, 4.69) is 15.3 Å². The van der Waals surface area contributed by atoms with Gasteiger partial charge < -0.3 is 15.0 Å². The van der Waals surface area contributed by atoms with Crippen molar-refractivity contribution in [3.8, 4) is 5.75 Å². The molecule has 0 aromatic carbocycles. The number of rotatable bonds is 4. The normalized spacial score (nSPS) is 24.8. The predicted octanol–water partition coefficient (Wildman–Crippen LogP) is 0.0472. The molecule has 12 heteroatoms. The van der Waals surface area contributed by atoms with Gasteiger partial charge in [-0.25, -0.2) is 17.7 Å². The first-order chi connectivity index (χ1) is 14.5. The average molecular weight is 453 g/mol. The molecule has 0 radical (unpaired) electrons. The Kier molecular flexibility index (Phi) is 5.32. The molecular formula is C19H28N6O5S. The van der Waals surface area contributed by atoms with Crippen molar-refractivity contribution in [3.63, 3.8) is 0 Å². The highest BCUT2D eigenvalue weighted by Gasteiger charge is 2.48. The molecule has 2 saturated heterocycles. The lowest BCUT2D eigenvalue weighted by atomic mass is 10.0. The van der Waals surface area contributed by atoms with Crippen molar-refractivity contribution in [1.82, 2.24) is 19.2 Å². The molecule has 4 heterocycles. The first-order valence-electron chi connectivity index (χ1n) is 10.3. The van der Waals surface area contributed by atoms with Gasteiger partial charge in [0.1, 0.15) is 6.04 Å². The fourth-order valence-electron chi connectivity index (χ4n) is 4.23. The Morgan fingerprint density at radius 2 is 1.84 bits per heavy atom. The van der Waals surface area contributed by atoms with Crippen molar-refractivity contribution < 1.29 is 22.7 Å². The van der Waals surface area contributed by atoms with E-state index in [0.29, 0.717) is 50.6 Å². The number of fused-ring (bicyclic) bond motifs is 1. The molecule has 1 aromatic rings. The first kappa shape index (κ1) is 21.8. The van der Waals surface area contributed by atoms with Crippen LogP contribution in [-0.2, 0) is 19.6 Å². The SMILES string of the molecule is CN1CC[C@H](N2C(=O)C(C)(C)Oc3cnc(NC4CCN(S(C)(=O)=O)CC4)nc32)C1=O. The van der Waals surface area contributed by atoms with E-state index in [1.165, 1.54) is 21.7 Å². The van der Waals surface area contributed by atoms with Gasteiger partial charge in [0.05, 0.1) is 12.5 Å². The molecule has 1 atom stereocenters. The van der Waals surface area contributed by atoms with Crippen molar-refractivity contribution in [2.24, 2.45) is 0 Å². The fraction of sp³-hybridized carbons (Fsp3) is 0.684. The van der Waals surface area contributed by atoms with Crippen molar-refractivity contribution >= 4 is 33.6 Å². The number of piperidine rings is 1. The van der Waals surface area contributed by atoms with E-state index < -0.39 is 21.7 Å². The van der Waals surface area contributed by atoms with Crippen LogP contribution >= 0.6 is 0 Å². The van der Waals surface area contributed by atoms with Crippen LogP contribution in [0.3, 0.4) is 0 Å². The second-order valence-corrected chi connectivity index (χ2v) is 10.8. The molecule has 1 N–H and O–H groups in total. The minimum Gasteiger partial charge on any atom is -0.472 e. The van der Waals surface area contributed by atoms with Crippen LogP contribution in [0.4, 0.5) is 11.8 Å². The van der Waals surface area contributed by atoms with Crippen LogP contribution in [-0.4, -0.2) is 90.0 Å². The second kappa shape index (κ2) is 7.59. The van der Waals surface area contributed by atoms with Gasteiger partial charge in [-0.2, -0.15) is 4.98 Å². The largest absolute Gasteiger partial charge is 0.472 e. The van der Waals surface area contributed by atoms with Crippen molar-refractivity contribution in [3.05, 3.63) is 6.20 Å². The molecule has 0 aliphatic carbocycles. The Labute approximate surface area is 181 Å². The van der Waals surface area contributed by atoms with Gasteiger partial charge in [-0.05, 0) is 33.1 Å². The Bertz CT molecular complexity index is 1010. The second-order valence-electron chi connectivity index (χ2n) is 8.81. The maximum atomic E-state index is 13.2. The minimum absolute atomic E-state index is 0.000368. The number of nitrogens with zero attached hydrogens (tertiary/aromatic N) is 5. The molecule has 31 heavy (non-hydrogen) atoms. The van der Waals surface area contributed by atoms with Crippen LogP contribution < -0.4 is 15.0 Å². The van der Waals surface area contributed by atoms with Gasteiger partial charge in [0.25, 0.3) is 5.91 Å². The number of ether oxygens (including phenoxy) is 1.